The minimum Gasteiger partial charge on any atom is -0.424 e. The number of oxazole rings is 1. The van der Waals surface area contributed by atoms with Crippen LogP contribution >= 0.6 is 0 Å². The zero-order chi connectivity index (χ0) is 15.5. The van der Waals surface area contributed by atoms with Gasteiger partial charge in [0, 0.05) is 25.7 Å². The highest BCUT2D eigenvalue weighted by atomic mass is 16.4. The highest BCUT2D eigenvalue weighted by Gasteiger charge is 2.20. The van der Waals surface area contributed by atoms with Gasteiger partial charge < -0.3 is 9.73 Å². The Labute approximate surface area is 136 Å². The third-order valence-electron chi connectivity index (χ3n) is 4.46. The fraction of sp³-hybridized carbons (Fsp3) is 0.316. The van der Waals surface area contributed by atoms with Gasteiger partial charge in [0.05, 0.1) is 0 Å². The van der Waals surface area contributed by atoms with Gasteiger partial charge in [0.25, 0.3) is 6.01 Å². The number of aromatic nitrogens is 1. The SMILES string of the molecule is c1ccc(CN2CCC(Nc3nc4ccccc4o3)CC2)cc1. The minimum atomic E-state index is 0.440. The van der Waals surface area contributed by atoms with Crippen molar-refractivity contribution in [3.05, 3.63) is 60.2 Å². The van der Waals surface area contributed by atoms with Crippen molar-refractivity contribution in [2.75, 3.05) is 18.4 Å². The molecule has 1 aliphatic rings. The summed E-state index contributed by atoms with van der Waals surface area (Å²) in [4.78, 5) is 7.02. The maximum Gasteiger partial charge on any atom is 0.295 e. The van der Waals surface area contributed by atoms with E-state index in [1.54, 1.807) is 0 Å². The van der Waals surface area contributed by atoms with Crippen LogP contribution in [0.3, 0.4) is 0 Å². The van der Waals surface area contributed by atoms with Crippen molar-refractivity contribution in [2.24, 2.45) is 0 Å². The summed E-state index contributed by atoms with van der Waals surface area (Å²) in [5, 5.41) is 3.45. The standard InChI is InChI=1S/C19H21N3O/c1-2-6-15(7-3-1)14-22-12-10-16(11-13-22)20-19-21-17-8-4-5-9-18(17)23-19/h1-9,16H,10-14H2,(H,20,21). The molecule has 1 fully saturated rings. The predicted molar refractivity (Wildman–Crippen MR) is 92.4 cm³/mol. The van der Waals surface area contributed by atoms with E-state index < -0.39 is 0 Å². The lowest BCUT2D eigenvalue weighted by Gasteiger charge is -2.32. The van der Waals surface area contributed by atoms with Crippen LogP contribution in [-0.4, -0.2) is 29.0 Å². The second-order valence-corrected chi connectivity index (χ2v) is 6.17. The lowest BCUT2D eigenvalue weighted by molar-refractivity contribution is 0.210. The zero-order valence-corrected chi connectivity index (χ0v) is 13.1. The summed E-state index contributed by atoms with van der Waals surface area (Å²) in [6.07, 6.45) is 2.23. The molecule has 1 aromatic heterocycles. The second kappa shape index (κ2) is 6.42. The van der Waals surface area contributed by atoms with Crippen LogP contribution in [-0.2, 0) is 6.54 Å². The summed E-state index contributed by atoms with van der Waals surface area (Å²) in [5.74, 6) is 0. The number of hydrogen-bond acceptors (Lipinski definition) is 4. The number of piperidine rings is 1. The summed E-state index contributed by atoms with van der Waals surface area (Å²) >= 11 is 0. The molecule has 4 heteroatoms. The Hall–Kier alpha value is -2.33. The number of benzene rings is 2. The Morgan fingerprint density at radius 2 is 1.74 bits per heavy atom. The first-order valence-electron chi connectivity index (χ1n) is 8.25. The number of nitrogens with one attached hydrogen (secondary N) is 1. The third kappa shape index (κ3) is 3.37. The van der Waals surface area contributed by atoms with E-state index in [4.69, 9.17) is 4.42 Å². The van der Waals surface area contributed by atoms with Crippen LogP contribution < -0.4 is 5.32 Å². The average Bonchev–Trinajstić information content (AvgIpc) is 3.00. The van der Waals surface area contributed by atoms with Gasteiger partial charge >= 0.3 is 0 Å². The molecule has 1 saturated heterocycles. The van der Waals surface area contributed by atoms with Gasteiger partial charge in [-0.3, -0.25) is 4.90 Å². The van der Waals surface area contributed by atoms with Crippen molar-refractivity contribution < 1.29 is 4.42 Å². The van der Waals surface area contributed by atoms with Crippen molar-refractivity contribution in [1.29, 1.82) is 0 Å². The summed E-state index contributed by atoms with van der Waals surface area (Å²) < 4.78 is 5.76. The summed E-state index contributed by atoms with van der Waals surface area (Å²) in [6.45, 7) is 3.25. The average molecular weight is 307 g/mol. The molecule has 0 saturated carbocycles. The number of hydrogen-bond donors (Lipinski definition) is 1. The van der Waals surface area contributed by atoms with Crippen molar-refractivity contribution in [3.63, 3.8) is 0 Å². The fourth-order valence-electron chi connectivity index (χ4n) is 3.19. The van der Waals surface area contributed by atoms with E-state index >= 15 is 0 Å². The quantitative estimate of drug-likeness (QED) is 0.793. The third-order valence-corrected chi connectivity index (χ3v) is 4.46. The Morgan fingerprint density at radius 1 is 1.00 bits per heavy atom. The number of likely N-dealkylation sites (tertiary alicyclic amines) is 1. The van der Waals surface area contributed by atoms with Gasteiger partial charge in [-0.05, 0) is 30.5 Å². The van der Waals surface area contributed by atoms with Crippen LogP contribution in [0, 0.1) is 0 Å². The van der Waals surface area contributed by atoms with E-state index in [0.29, 0.717) is 12.1 Å². The topological polar surface area (TPSA) is 41.3 Å². The Morgan fingerprint density at radius 3 is 2.52 bits per heavy atom. The van der Waals surface area contributed by atoms with Gasteiger partial charge in [0.1, 0.15) is 5.52 Å². The molecule has 1 N–H and O–H groups in total. The van der Waals surface area contributed by atoms with Crippen LogP contribution in [0.2, 0.25) is 0 Å². The lowest BCUT2D eigenvalue weighted by Crippen LogP contribution is -2.38. The Balaban J connectivity index is 1.32. The van der Waals surface area contributed by atoms with Gasteiger partial charge in [-0.15, -0.1) is 0 Å². The van der Waals surface area contributed by atoms with Crippen LogP contribution in [0.5, 0.6) is 0 Å². The number of fused-ring (bicyclic) bond motifs is 1. The number of para-hydroxylation sites is 2. The van der Waals surface area contributed by atoms with Gasteiger partial charge in [0.2, 0.25) is 0 Å². The first-order chi connectivity index (χ1) is 11.4. The van der Waals surface area contributed by atoms with Gasteiger partial charge in [-0.2, -0.15) is 4.98 Å². The number of anilines is 1. The molecule has 0 spiro atoms. The molecule has 4 nitrogen and oxygen atoms in total. The van der Waals surface area contributed by atoms with Gasteiger partial charge in [-0.25, -0.2) is 0 Å². The van der Waals surface area contributed by atoms with E-state index in [1.165, 1.54) is 5.56 Å². The normalized spacial score (nSPS) is 16.7. The summed E-state index contributed by atoms with van der Waals surface area (Å²) in [7, 11) is 0. The van der Waals surface area contributed by atoms with Crippen LogP contribution in [0.25, 0.3) is 11.1 Å². The molecular formula is C19H21N3O. The number of nitrogens with zero attached hydrogens (tertiary/aromatic N) is 2. The predicted octanol–water partition coefficient (Wildman–Crippen LogP) is 3.90. The fourth-order valence-corrected chi connectivity index (χ4v) is 3.19. The maximum atomic E-state index is 5.76. The number of rotatable bonds is 4. The van der Waals surface area contributed by atoms with Crippen LogP contribution in [0.4, 0.5) is 6.01 Å². The molecule has 4 rings (SSSR count). The largest absolute Gasteiger partial charge is 0.424 e. The van der Waals surface area contributed by atoms with Crippen molar-refractivity contribution in [3.8, 4) is 0 Å². The molecule has 3 aromatic rings. The molecule has 2 aromatic carbocycles. The van der Waals surface area contributed by atoms with E-state index in [2.05, 4.69) is 45.5 Å². The van der Waals surface area contributed by atoms with Crippen LogP contribution in [0.15, 0.2) is 59.0 Å². The molecule has 0 amide bonds. The molecule has 0 radical (unpaired) electrons. The molecule has 1 aliphatic heterocycles. The molecule has 118 valence electrons. The van der Waals surface area contributed by atoms with Crippen molar-refractivity contribution in [2.45, 2.75) is 25.4 Å². The van der Waals surface area contributed by atoms with Gasteiger partial charge in [-0.1, -0.05) is 42.5 Å². The summed E-state index contributed by atoms with van der Waals surface area (Å²) in [6, 6.07) is 19.7. The molecule has 0 atom stereocenters. The lowest BCUT2D eigenvalue weighted by atomic mass is 10.0. The molecule has 0 bridgehead atoms. The monoisotopic (exact) mass is 307 g/mol. The smallest absolute Gasteiger partial charge is 0.295 e. The van der Waals surface area contributed by atoms with E-state index in [-0.39, 0.29) is 0 Å². The minimum absolute atomic E-state index is 0.440. The highest BCUT2D eigenvalue weighted by Crippen LogP contribution is 2.21. The van der Waals surface area contributed by atoms with E-state index in [1.807, 2.05) is 24.3 Å². The first kappa shape index (κ1) is 14.3. The van der Waals surface area contributed by atoms with Crippen LogP contribution in [0.1, 0.15) is 18.4 Å². The highest BCUT2D eigenvalue weighted by molar-refractivity contribution is 5.74. The van der Waals surface area contributed by atoms with E-state index in [9.17, 15) is 0 Å². The molecule has 0 aliphatic carbocycles. The molecule has 0 unspecified atom stereocenters. The second-order valence-electron chi connectivity index (χ2n) is 6.17. The molecule has 23 heavy (non-hydrogen) atoms. The summed E-state index contributed by atoms with van der Waals surface area (Å²) in [5.41, 5.74) is 3.14. The van der Waals surface area contributed by atoms with Crippen molar-refractivity contribution in [1.82, 2.24) is 9.88 Å². The Kier molecular flexibility index (Phi) is 3.99. The zero-order valence-electron chi connectivity index (χ0n) is 13.1. The maximum absolute atomic E-state index is 5.76. The first-order valence-corrected chi connectivity index (χ1v) is 8.25. The Bertz CT molecular complexity index is 727. The van der Waals surface area contributed by atoms with Gasteiger partial charge in [0.15, 0.2) is 5.58 Å². The van der Waals surface area contributed by atoms with E-state index in [0.717, 1.165) is 43.6 Å². The van der Waals surface area contributed by atoms with Crippen molar-refractivity contribution >= 4 is 17.1 Å². The molecule has 2 heterocycles. The molecular weight excluding hydrogens is 286 g/mol.